The highest BCUT2D eigenvalue weighted by Gasteiger charge is 2.21. The summed E-state index contributed by atoms with van der Waals surface area (Å²) < 4.78 is 0. The smallest absolute Gasteiger partial charge is 0.253 e. The first-order valence-corrected chi connectivity index (χ1v) is 6.00. The largest absolute Gasteiger partial charge is 0.398 e. The van der Waals surface area contributed by atoms with E-state index in [1.807, 2.05) is 6.07 Å². The minimum atomic E-state index is -0.204. The van der Waals surface area contributed by atoms with Gasteiger partial charge in [0.1, 0.15) is 0 Å². The predicted molar refractivity (Wildman–Crippen MR) is 66.6 cm³/mol. The lowest BCUT2D eigenvalue weighted by Crippen LogP contribution is -2.38. The lowest BCUT2D eigenvalue weighted by molar-refractivity contribution is 0.0868. The number of anilines is 1. The molecule has 1 aromatic carbocycles. The highest BCUT2D eigenvalue weighted by molar-refractivity contribution is 5.99. The Kier molecular flexibility index (Phi) is 3.64. The topological polar surface area (TPSA) is 75.4 Å². The highest BCUT2D eigenvalue weighted by atomic mass is 16.3. The van der Waals surface area contributed by atoms with E-state index < -0.39 is 0 Å². The Balaban J connectivity index is 1.96. The van der Waals surface area contributed by atoms with Crippen molar-refractivity contribution in [1.29, 1.82) is 0 Å². The van der Waals surface area contributed by atoms with Crippen molar-refractivity contribution < 1.29 is 9.90 Å². The maximum atomic E-state index is 12.0. The SMILES string of the molecule is Nc1ccccc1C(=O)N[C@H]1CC[C@H](O)CC1. The van der Waals surface area contributed by atoms with Crippen LogP contribution in [-0.4, -0.2) is 23.2 Å². The molecule has 0 unspecified atom stereocenters. The summed E-state index contributed by atoms with van der Waals surface area (Å²) in [4.78, 5) is 12.0. The molecule has 0 bridgehead atoms. The van der Waals surface area contributed by atoms with Gasteiger partial charge >= 0.3 is 0 Å². The molecule has 4 N–H and O–H groups in total. The zero-order chi connectivity index (χ0) is 12.3. The molecule has 1 aliphatic rings. The summed E-state index contributed by atoms with van der Waals surface area (Å²) in [5, 5.41) is 12.4. The highest BCUT2D eigenvalue weighted by Crippen LogP contribution is 2.19. The average Bonchev–Trinajstić information content (AvgIpc) is 2.32. The third kappa shape index (κ3) is 2.97. The first kappa shape index (κ1) is 11.9. The van der Waals surface area contributed by atoms with E-state index in [1.54, 1.807) is 18.2 Å². The first-order valence-electron chi connectivity index (χ1n) is 6.00. The molecule has 17 heavy (non-hydrogen) atoms. The zero-order valence-electron chi connectivity index (χ0n) is 9.73. The van der Waals surface area contributed by atoms with Crippen LogP contribution in [0.1, 0.15) is 36.0 Å². The molecule has 2 rings (SSSR count). The molecule has 0 radical (unpaired) electrons. The van der Waals surface area contributed by atoms with Crippen LogP contribution >= 0.6 is 0 Å². The summed E-state index contributed by atoms with van der Waals surface area (Å²) in [6.07, 6.45) is 2.98. The lowest BCUT2D eigenvalue weighted by atomic mass is 9.93. The van der Waals surface area contributed by atoms with Crippen LogP contribution in [0.15, 0.2) is 24.3 Å². The Labute approximate surface area is 101 Å². The van der Waals surface area contributed by atoms with E-state index >= 15 is 0 Å². The van der Waals surface area contributed by atoms with Gasteiger partial charge in [-0.3, -0.25) is 4.79 Å². The molecule has 0 heterocycles. The fourth-order valence-electron chi connectivity index (χ4n) is 2.19. The van der Waals surface area contributed by atoms with Crippen LogP contribution in [0, 0.1) is 0 Å². The molecule has 0 spiro atoms. The number of hydrogen-bond acceptors (Lipinski definition) is 3. The van der Waals surface area contributed by atoms with E-state index in [9.17, 15) is 9.90 Å². The Morgan fingerprint density at radius 1 is 1.24 bits per heavy atom. The number of nitrogens with two attached hydrogens (primary N) is 1. The fraction of sp³-hybridized carbons (Fsp3) is 0.462. The second kappa shape index (κ2) is 5.19. The summed E-state index contributed by atoms with van der Waals surface area (Å²) in [6, 6.07) is 7.21. The number of carbonyl (C=O) groups excluding carboxylic acids is 1. The molecule has 1 fully saturated rings. The second-order valence-corrected chi connectivity index (χ2v) is 4.57. The van der Waals surface area contributed by atoms with Gasteiger partial charge < -0.3 is 16.2 Å². The first-order chi connectivity index (χ1) is 8.16. The van der Waals surface area contributed by atoms with E-state index in [0.29, 0.717) is 11.3 Å². The fourth-order valence-corrected chi connectivity index (χ4v) is 2.19. The van der Waals surface area contributed by atoms with Crippen molar-refractivity contribution in [2.45, 2.75) is 37.8 Å². The Bertz CT molecular complexity index is 398. The monoisotopic (exact) mass is 234 g/mol. The molecule has 1 aromatic rings. The number of amides is 1. The molecular formula is C13H18N2O2. The summed E-state index contributed by atoms with van der Waals surface area (Å²) in [7, 11) is 0. The molecule has 0 aromatic heterocycles. The Morgan fingerprint density at radius 2 is 1.88 bits per heavy atom. The molecule has 4 heteroatoms. The van der Waals surface area contributed by atoms with Gasteiger partial charge in [0.2, 0.25) is 0 Å². The summed E-state index contributed by atoms with van der Waals surface area (Å²) >= 11 is 0. The number of hydrogen-bond donors (Lipinski definition) is 3. The third-order valence-corrected chi connectivity index (χ3v) is 3.24. The van der Waals surface area contributed by atoms with E-state index in [0.717, 1.165) is 25.7 Å². The summed E-state index contributed by atoms with van der Waals surface area (Å²) in [5.74, 6) is -0.121. The Hall–Kier alpha value is -1.55. The number of aliphatic hydroxyl groups is 1. The number of aliphatic hydroxyl groups excluding tert-OH is 1. The summed E-state index contributed by atoms with van der Waals surface area (Å²) in [5.41, 5.74) is 6.78. The van der Waals surface area contributed by atoms with E-state index in [4.69, 9.17) is 5.73 Å². The third-order valence-electron chi connectivity index (χ3n) is 3.24. The predicted octanol–water partition coefficient (Wildman–Crippen LogP) is 1.30. The van der Waals surface area contributed by atoms with Crippen LogP contribution in [0.25, 0.3) is 0 Å². The standard InChI is InChI=1S/C13H18N2O2/c14-12-4-2-1-3-11(12)13(17)15-9-5-7-10(16)8-6-9/h1-4,9-10,16H,5-8,14H2,(H,15,17)/t9-,10-. The van der Waals surface area contributed by atoms with E-state index in [1.165, 1.54) is 0 Å². The van der Waals surface area contributed by atoms with Crippen LogP contribution in [0.4, 0.5) is 5.69 Å². The lowest BCUT2D eigenvalue weighted by Gasteiger charge is -2.26. The van der Waals surface area contributed by atoms with Gasteiger partial charge in [-0.25, -0.2) is 0 Å². The maximum Gasteiger partial charge on any atom is 0.253 e. The van der Waals surface area contributed by atoms with Crippen molar-refractivity contribution >= 4 is 11.6 Å². The average molecular weight is 234 g/mol. The van der Waals surface area contributed by atoms with Gasteiger partial charge in [-0.2, -0.15) is 0 Å². The molecule has 0 atom stereocenters. The molecule has 1 aliphatic carbocycles. The minimum Gasteiger partial charge on any atom is -0.398 e. The van der Waals surface area contributed by atoms with Gasteiger partial charge in [0.25, 0.3) is 5.91 Å². The number of carbonyl (C=O) groups is 1. The van der Waals surface area contributed by atoms with Crippen LogP contribution in [0.2, 0.25) is 0 Å². The van der Waals surface area contributed by atoms with Crippen LogP contribution in [0.5, 0.6) is 0 Å². The normalized spacial score (nSPS) is 24.3. The quantitative estimate of drug-likeness (QED) is 0.675. The van der Waals surface area contributed by atoms with Gasteiger partial charge in [-0.05, 0) is 37.8 Å². The van der Waals surface area contributed by atoms with Gasteiger partial charge in [-0.1, -0.05) is 12.1 Å². The van der Waals surface area contributed by atoms with Gasteiger partial charge in [0.05, 0.1) is 11.7 Å². The van der Waals surface area contributed by atoms with Crippen molar-refractivity contribution in [2.75, 3.05) is 5.73 Å². The van der Waals surface area contributed by atoms with Crippen LogP contribution < -0.4 is 11.1 Å². The number of nitrogen functional groups attached to an aromatic ring is 1. The van der Waals surface area contributed by atoms with Gasteiger partial charge in [-0.15, -0.1) is 0 Å². The van der Waals surface area contributed by atoms with Crippen molar-refractivity contribution in [3.05, 3.63) is 29.8 Å². The van der Waals surface area contributed by atoms with Crippen molar-refractivity contribution in [3.8, 4) is 0 Å². The minimum absolute atomic E-state index is 0.121. The summed E-state index contributed by atoms with van der Waals surface area (Å²) in [6.45, 7) is 0. The van der Waals surface area contributed by atoms with E-state index in [-0.39, 0.29) is 18.1 Å². The molecular weight excluding hydrogens is 216 g/mol. The Morgan fingerprint density at radius 3 is 2.53 bits per heavy atom. The number of nitrogens with one attached hydrogen (secondary N) is 1. The van der Waals surface area contributed by atoms with Crippen molar-refractivity contribution in [2.24, 2.45) is 0 Å². The molecule has 1 amide bonds. The van der Waals surface area contributed by atoms with E-state index in [2.05, 4.69) is 5.32 Å². The van der Waals surface area contributed by atoms with Crippen molar-refractivity contribution in [1.82, 2.24) is 5.32 Å². The van der Waals surface area contributed by atoms with Gasteiger partial charge in [0.15, 0.2) is 0 Å². The zero-order valence-corrected chi connectivity index (χ0v) is 9.73. The molecule has 92 valence electrons. The van der Waals surface area contributed by atoms with Crippen molar-refractivity contribution in [3.63, 3.8) is 0 Å². The number of benzene rings is 1. The van der Waals surface area contributed by atoms with Gasteiger partial charge in [0, 0.05) is 11.7 Å². The second-order valence-electron chi connectivity index (χ2n) is 4.57. The number of rotatable bonds is 2. The van der Waals surface area contributed by atoms with Crippen LogP contribution in [0.3, 0.4) is 0 Å². The number of para-hydroxylation sites is 1. The molecule has 0 saturated heterocycles. The molecule has 1 saturated carbocycles. The molecule has 0 aliphatic heterocycles. The molecule has 4 nitrogen and oxygen atoms in total. The van der Waals surface area contributed by atoms with Crippen LogP contribution in [-0.2, 0) is 0 Å². The maximum absolute atomic E-state index is 12.0.